The molecular formula is C51H33IN4. The van der Waals surface area contributed by atoms with Crippen molar-refractivity contribution in [1.82, 2.24) is 19.5 Å². The molecule has 4 nitrogen and oxygen atoms in total. The van der Waals surface area contributed by atoms with E-state index in [4.69, 9.17) is 15.0 Å². The normalized spacial score (nSPS) is 11.3. The minimum atomic E-state index is 0.563. The zero-order valence-corrected chi connectivity index (χ0v) is 32.4. The van der Waals surface area contributed by atoms with Gasteiger partial charge in [0.25, 0.3) is 0 Å². The fourth-order valence-corrected chi connectivity index (χ4v) is 8.40. The van der Waals surface area contributed by atoms with E-state index >= 15 is 0 Å². The zero-order valence-electron chi connectivity index (χ0n) is 30.2. The summed E-state index contributed by atoms with van der Waals surface area (Å²) in [5.74, 6) is 1.80. The summed E-state index contributed by atoms with van der Waals surface area (Å²) in [6.07, 6.45) is 0. The van der Waals surface area contributed by atoms with Crippen LogP contribution >= 0.6 is 22.6 Å². The SMILES string of the molecule is Ic1ccccc1-c1ccc2c3ccccc3n(-c3nc(-c4ccccc4)nc(-c4ccccc4)n3)c2c1-c1cc(-c2ccccc2)cc(-c2ccccc2)c1. The van der Waals surface area contributed by atoms with Gasteiger partial charge in [-0.2, -0.15) is 9.97 Å². The van der Waals surface area contributed by atoms with E-state index in [1.807, 2.05) is 36.4 Å². The maximum atomic E-state index is 5.30. The third-order valence-corrected chi connectivity index (χ3v) is 11.3. The van der Waals surface area contributed by atoms with Crippen LogP contribution in [-0.2, 0) is 0 Å². The second-order valence-electron chi connectivity index (χ2n) is 13.8. The summed E-state index contributed by atoms with van der Waals surface area (Å²) in [6, 6.07) is 70.5. The summed E-state index contributed by atoms with van der Waals surface area (Å²) in [7, 11) is 0. The standard InChI is InChI=1S/C51H33IN4/c52-45-27-15-13-25-41(45)43-29-30-44-42-26-14-16-28-46(42)56(51-54-49(36-21-9-3-10-22-36)53-50(55-51)37-23-11-4-12-24-37)48(44)47(43)40-32-38(34-17-5-1-6-18-34)31-39(33-40)35-19-7-2-8-20-35/h1-33H. The van der Waals surface area contributed by atoms with Crippen molar-refractivity contribution < 1.29 is 0 Å². The summed E-state index contributed by atoms with van der Waals surface area (Å²) < 4.78 is 3.44. The van der Waals surface area contributed by atoms with E-state index in [0.29, 0.717) is 17.6 Å². The van der Waals surface area contributed by atoms with Crippen LogP contribution in [0.3, 0.4) is 0 Å². The van der Waals surface area contributed by atoms with Crippen molar-refractivity contribution in [3.63, 3.8) is 0 Å². The van der Waals surface area contributed by atoms with Gasteiger partial charge in [-0.15, -0.1) is 0 Å². The van der Waals surface area contributed by atoms with Gasteiger partial charge >= 0.3 is 0 Å². The molecule has 0 unspecified atom stereocenters. The van der Waals surface area contributed by atoms with E-state index in [1.165, 1.54) is 9.13 Å². The van der Waals surface area contributed by atoms with Crippen molar-refractivity contribution in [2.24, 2.45) is 0 Å². The highest BCUT2D eigenvalue weighted by Crippen LogP contribution is 2.46. The van der Waals surface area contributed by atoms with E-state index in [-0.39, 0.29) is 0 Å². The zero-order chi connectivity index (χ0) is 37.4. The highest BCUT2D eigenvalue weighted by molar-refractivity contribution is 14.1. The van der Waals surface area contributed by atoms with Crippen LogP contribution in [0.4, 0.5) is 0 Å². The monoisotopic (exact) mass is 828 g/mol. The number of aromatic nitrogens is 4. The minimum absolute atomic E-state index is 0.563. The van der Waals surface area contributed by atoms with Crippen LogP contribution in [-0.4, -0.2) is 19.5 Å². The number of hydrogen-bond donors (Lipinski definition) is 0. The van der Waals surface area contributed by atoms with Crippen LogP contribution < -0.4 is 0 Å². The van der Waals surface area contributed by atoms with Gasteiger partial charge in [0.1, 0.15) is 0 Å². The number of benzene rings is 8. The van der Waals surface area contributed by atoms with Crippen LogP contribution in [0.15, 0.2) is 200 Å². The van der Waals surface area contributed by atoms with Crippen LogP contribution in [0.1, 0.15) is 0 Å². The lowest BCUT2D eigenvalue weighted by molar-refractivity contribution is 0.954. The van der Waals surface area contributed by atoms with Crippen molar-refractivity contribution in [2.45, 2.75) is 0 Å². The molecule has 0 atom stereocenters. The average Bonchev–Trinajstić information content (AvgIpc) is 3.61. The Morgan fingerprint density at radius 2 is 0.839 bits per heavy atom. The molecule has 0 N–H and O–H groups in total. The second-order valence-corrected chi connectivity index (χ2v) is 14.9. The molecule has 0 aliphatic heterocycles. The minimum Gasteiger partial charge on any atom is -0.277 e. The molecule has 2 heterocycles. The predicted molar refractivity (Wildman–Crippen MR) is 239 cm³/mol. The molecule has 0 aliphatic carbocycles. The van der Waals surface area contributed by atoms with Gasteiger partial charge in [-0.25, -0.2) is 4.98 Å². The summed E-state index contributed by atoms with van der Waals surface area (Å²) in [5, 5.41) is 2.25. The van der Waals surface area contributed by atoms with Crippen molar-refractivity contribution in [1.29, 1.82) is 0 Å². The first kappa shape index (κ1) is 33.8. The number of halogens is 1. The molecule has 10 aromatic rings. The first-order chi connectivity index (χ1) is 27.7. The molecule has 10 rings (SSSR count). The Bertz CT molecular complexity index is 2900. The predicted octanol–water partition coefficient (Wildman–Crippen LogP) is 13.6. The maximum absolute atomic E-state index is 5.30. The Morgan fingerprint density at radius 3 is 1.41 bits per heavy atom. The molecule has 0 amide bonds. The molecule has 0 aliphatic rings. The van der Waals surface area contributed by atoms with Crippen LogP contribution in [0.2, 0.25) is 0 Å². The van der Waals surface area contributed by atoms with Gasteiger partial charge in [-0.05, 0) is 91.9 Å². The molecule has 0 radical (unpaired) electrons. The molecule has 5 heteroatoms. The van der Waals surface area contributed by atoms with E-state index in [0.717, 1.165) is 71.9 Å². The highest BCUT2D eigenvalue weighted by Gasteiger charge is 2.24. The van der Waals surface area contributed by atoms with E-state index < -0.39 is 0 Å². The van der Waals surface area contributed by atoms with Crippen molar-refractivity contribution in [3.05, 3.63) is 204 Å². The lowest BCUT2D eigenvalue weighted by atomic mass is 9.88. The van der Waals surface area contributed by atoms with Gasteiger partial charge in [0.2, 0.25) is 5.95 Å². The van der Waals surface area contributed by atoms with Gasteiger partial charge in [0.05, 0.1) is 11.0 Å². The number of hydrogen-bond acceptors (Lipinski definition) is 3. The first-order valence-corrected chi connectivity index (χ1v) is 19.7. The molecule has 0 fully saturated rings. The Kier molecular flexibility index (Phi) is 8.77. The van der Waals surface area contributed by atoms with Gasteiger partial charge < -0.3 is 0 Å². The summed E-state index contributed by atoms with van der Waals surface area (Å²) >= 11 is 2.47. The third-order valence-electron chi connectivity index (χ3n) is 10.3. The van der Waals surface area contributed by atoms with Crippen LogP contribution in [0.5, 0.6) is 0 Å². The van der Waals surface area contributed by atoms with Gasteiger partial charge in [0, 0.05) is 31.0 Å². The largest absolute Gasteiger partial charge is 0.277 e. The summed E-state index contributed by atoms with van der Waals surface area (Å²) in [6.45, 7) is 0. The number of rotatable bonds is 7. The number of para-hydroxylation sites is 1. The molecular weight excluding hydrogens is 795 g/mol. The topological polar surface area (TPSA) is 43.6 Å². The average molecular weight is 829 g/mol. The van der Waals surface area contributed by atoms with Crippen LogP contribution in [0, 0.1) is 3.57 Å². The Labute approximate surface area is 339 Å². The van der Waals surface area contributed by atoms with E-state index in [9.17, 15) is 0 Å². The second kappa shape index (κ2) is 14.5. The Balaban J connectivity index is 1.37. The lowest BCUT2D eigenvalue weighted by Crippen LogP contribution is -2.07. The highest BCUT2D eigenvalue weighted by atomic mass is 127. The number of fused-ring (bicyclic) bond motifs is 3. The molecule has 0 saturated heterocycles. The van der Waals surface area contributed by atoms with Gasteiger partial charge in [-0.1, -0.05) is 170 Å². The van der Waals surface area contributed by atoms with Crippen LogP contribution in [0.25, 0.3) is 95.0 Å². The fraction of sp³-hybridized carbons (Fsp3) is 0. The van der Waals surface area contributed by atoms with Gasteiger partial charge in [-0.3, -0.25) is 4.57 Å². The summed E-state index contributed by atoms with van der Waals surface area (Å²) in [5.41, 5.74) is 13.0. The third kappa shape index (κ3) is 6.16. The number of nitrogens with zero attached hydrogens (tertiary/aromatic N) is 4. The molecule has 0 bridgehead atoms. The van der Waals surface area contributed by atoms with Crippen molar-refractivity contribution in [3.8, 4) is 73.2 Å². The maximum Gasteiger partial charge on any atom is 0.238 e. The molecule has 56 heavy (non-hydrogen) atoms. The van der Waals surface area contributed by atoms with Crippen molar-refractivity contribution >= 4 is 44.4 Å². The molecule has 0 spiro atoms. The van der Waals surface area contributed by atoms with E-state index in [1.54, 1.807) is 0 Å². The first-order valence-electron chi connectivity index (χ1n) is 18.6. The Morgan fingerprint density at radius 1 is 0.357 bits per heavy atom. The lowest BCUT2D eigenvalue weighted by Gasteiger charge is -2.19. The molecule has 0 saturated carbocycles. The quantitative estimate of drug-likeness (QED) is 0.150. The van der Waals surface area contributed by atoms with Crippen molar-refractivity contribution in [2.75, 3.05) is 0 Å². The summed E-state index contributed by atoms with van der Waals surface area (Å²) in [4.78, 5) is 15.6. The van der Waals surface area contributed by atoms with E-state index in [2.05, 4.69) is 191 Å². The molecule has 8 aromatic carbocycles. The Hall–Kier alpha value is -6.70. The van der Waals surface area contributed by atoms with Gasteiger partial charge in [0.15, 0.2) is 11.6 Å². The molecule has 2 aromatic heterocycles. The molecule has 264 valence electrons. The smallest absolute Gasteiger partial charge is 0.238 e. The fourth-order valence-electron chi connectivity index (χ4n) is 7.73.